The summed E-state index contributed by atoms with van der Waals surface area (Å²) in [6, 6.07) is 1.66. The maximum atomic E-state index is 13.6. The summed E-state index contributed by atoms with van der Waals surface area (Å²) in [5.41, 5.74) is -0.979. The number of carbonyl (C=O) groups excluding carboxylic acids is 1. The standard InChI is InChI=1S/C12H14FNO5/c1-3-4-5-19-11-6-8(12(15)18-2)10(14(16)17)7-9(11)13/h6-7H,3-5H2,1-2H3. The molecule has 0 radical (unpaired) electrons. The topological polar surface area (TPSA) is 78.7 Å². The van der Waals surface area contributed by atoms with E-state index in [0.717, 1.165) is 19.6 Å². The van der Waals surface area contributed by atoms with Crippen LogP contribution in [0.25, 0.3) is 0 Å². The molecule has 0 N–H and O–H groups in total. The molecule has 1 aromatic rings. The first kappa shape index (κ1) is 14.9. The Hall–Kier alpha value is -2.18. The average Bonchev–Trinajstić information content (AvgIpc) is 2.39. The van der Waals surface area contributed by atoms with Gasteiger partial charge < -0.3 is 9.47 Å². The molecule has 0 amide bonds. The molecule has 0 aliphatic rings. The summed E-state index contributed by atoms with van der Waals surface area (Å²) in [5, 5.41) is 10.8. The number of nitro benzene ring substituents is 1. The first-order valence-corrected chi connectivity index (χ1v) is 5.70. The number of unbranched alkanes of at least 4 members (excludes halogenated alkanes) is 1. The van der Waals surface area contributed by atoms with E-state index < -0.39 is 22.4 Å². The van der Waals surface area contributed by atoms with Gasteiger partial charge in [0.05, 0.1) is 24.7 Å². The highest BCUT2D eigenvalue weighted by Gasteiger charge is 2.24. The van der Waals surface area contributed by atoms with Crippen molar-refractivity contribution >= 4 is 11.7 Å². The summed E-state index contributed by atoms with van der Waals surface area (Å²) in [7, 11) is 1.09. The summed E-state index contributed by atoms with van der Waals surface area (Å²) in [6.45, 7) is 2.21. The van der Waals surface area contributed by atoms with Crippen LogP contribution in [0.4, 0.5) is 10.1 Å². The third-order valence-corrected chi connectivity index (χ3v) is 2.41. The summed E-state index contributed by atoms with van der Waals surface area (Å²) >= 11 is 0. The van der Waals surface area contributed by atoms with Crippen LogP contribution in [0.5, 0.6) is 5.75 Å². The maximum Gasteiger partial charge on any atom is 0.345 e. The van der Waals surface area contributed by atoms with Crippen LogP contribution in [-0.4, -0.2) is 24.6 Å². The highest BCUT2D eigenvalue weighted by molar-refractivity contribution is 5.94. The van der Waals surface area contributed by atoms with E-state index in [4.69, 9.17) is 4.74 Å². The van der Waals surface area contributed by atoms with Crippen LogP contribution in [0, 0.1) is 15.9 Å². The van der Waals surface area contributed by atoms with E-state index in [1.54, 1.807) is 0 Å². The number of nitrogens with zero attached hydrogens (tertiary/aromatic N) is 1. The number of methoxy groups -OCH3 is 1. The lowest BCUT2D eigenvalue weighted by atomic mass is 10.1. The van der Waals surface area contributed by atoms with E-state index in [2.05, 4.69) is 4.74 Å². The van der Waals surface area contributed by atoms with E-state index in [1.165, 1.54) is 0 Å². The van der Waals surface area contributed by atoms with E-state index in [-0.39, 0.29) is 17.9 Å². The molecule has 19 heavy (non-hydrogen) atoms. The van der Waals surface area contributed by atoms with E-state index in [1.807, 2.05) is 6.92 Å². The SMILES string of the molecule is CCCCOc1cc(C(=O)OC)c([N+](=O)[O-])cc1F. The fraction of sp³-hybridized carbons (Fsp3) is 0.417. The molecule has 0 unspecified atom stereocenters. The second-order valence-electron chi connectivity index (χ2n) is 3.75. The predicted molar refractivity (Wildman–Crippen MR) is 64.8 cm³/mol. The van der Waals surface area contributed by atoms with Gasteiger partial charge in [-0.05, 0) is 6.42 Å². The molecule has 0 fully saturated rings. The quantitative estimate of drug-likeness (QED) is 0.344. The summed E-state index contributed by atoms with van der Waals surface area (Å²) in [4.78, 5) is 21.3. The van der Waals surface area contributed by atoms with Crippen molar-refractivity contribution in [3.8, 4) is 5.75 Å². The van der Waals surface area contributed by atoms with Crippen molar-refractivity contribution < 1.29 is 23.6 Å². The number of rotatable bonds is 6. The van der Waals surface area contributed by atoms with Gasteiger partial charge in [0.15, 0.2) is 11.6 Å². The van der Waals surface area contributed by atoms with Gasteiger partial charge in [0, 0.05) is 6.07 Å². The van der Waals surface area contributed by atoms with Crippen molar-refractivity contribution in [2.45, 2.75) is 19.8 Å². The molecule has 7 heteroatoms. The Bertz CT molecular complexity index is 489. The van der Waals surface area contributed by atoms with E-state index in [0.29, 0.717) is 12.5 Å². The number of ether oxygens (including phenoxy) is 2. The minimum atomic E-state index is -0.910. The molecule has 0 saturated carbocycles. The van der Waals surface area contributed by atoms with Gasteiger partial charge in [-0.2, -0.15) is 0 Å². The zero-order valence-electron chi connectivity index (χ0n) is 10.6. The lowest BCUT2D eigenvalue weighted by Gasteiger charge is -2.08. The smallest absolute Gasteiger partial charge is 0.345 e. The van der Waals surface area contributed by atoms with Gasteiger partial charge in [-0.15, -0.1) is 0 Å². The number of halogens is 1. The molecule has 0 saturated heterocycles. The maximum absolute atomic E-state index is 13.6. The van der Waals surface area contributed by atoms with Gasteiger partial charge in [0.2, 0.25) is 0 Å². The highest BCUT2D eigenvalue weighted by Crippen LogP contribution is 2.28. The summed E-state index contributed by atoms with van der Waals surface area (Å²) < 4.78 is 23.2. The number of benzene rings is 1. The second-order valence-corrected chi connectivity index (χ2v) is 3.75. The van der Waals surface area contributed by atoms with Crippen LogP contribution in [-0.2, 0) is 4.74 Å². The number of nitro groups is 1. The van der Waals surface area contributed by atoms with Crippen molar-refractivity contribution in [1.82, 2.24) is 0 Å². The van der Waals surface area contributed by atoms with Gasteiger partial charge in [0.25, 0.3) is 5.69 Å². The van der Waals surface area contributed by atoms with Crippen LogP contribution in [0.2, 0.25) is 0 Å². The average molecular weight is 271 g/mol. The van der Waals surface area contributed by atoms with E-state index >= 15 is 0 Å². The third kappa shape index (κ3) is 3.64. The van der Waals surface area contributed by atoms with Crippen molar-refractivity contribution in [2.24, 2.45) is 0 Å². The Morgan fingerprint density at radius 2 is 2.16 bits per heavy atom. The van der Waals surface area contributed by atoms with Crippen molar-refractivity contribution in [1.29, 1.82) is 0 Å². The van der Waals surface area contributed by atoms with Crippen molar-refractivity contribution in [3.05, 3.63) is 33.6 Å². The van der Waals surface area contributed by atoms with Crippen LogP contribution < -0.4 is 4.74 Å². The van der Waals surface area contributed by atoms with Gasteiger partial charge in [0.1, 0.15) is 5.56 Å². The first-order chi connectivity index (χ1) is 9.01. The number of esters is 1. The monoisotopic (exact) mass is 271 g/mol. The molecule has 104 valence electrons. The number of hydrogen-bond donors (Lipinski definition) is 0. The molecule has 0 aliphatic heterocycles. The summed E-state index contributed by atoms with van der Waals surface area (Å²) in [6.07, 6.45) is 1.57. The predicted octanol–water partition coefficient (Wildman–Crippen LogP) is 2.70. The lowest BCUT2D eigenvalue weighted by Crippen LogP contribution is -2.08. The second kappa shape index (κ2) is 6.67. The fourth-order valence-corrected chi connectivity index (χ4v) is 1.40. The first-order valence-electron chi connectivity index (χ1n) is 5.70. The Morgan fingerprint density at radius 1 is 1.47 bits per heavy atom. The fourth-order valence-electron chi connectivity index (χ4n) is 1.40. The van der Waals surface area contributed by atoms with Crippen LogP contribution in [0.15, 0.2) is 12.1 Å². The Balaban J connectivity index is 3.14. The molecule has 6 nitrogen and oxygen atoms in total. The van der Waals surface area contributed by atoms with E-state index in [9.17, 15) is 19.3 Å². The Labute approximate surface area is 109 Å². The van der Waals surface area contributed by atoms with Gasteiger partial charge in [-0.1, -0.05) is 13.3 Å². The zero-order valence-corrected chi connectivity index (χ0v) is 10.6. The van der Waals surface area contributed by atoms with Crippen LogP contribution >= 0.6 is 0 Å². The zero-order chi connectivity index (χ0) is 14.4. The molecule has 0 aromatic heterocycles. The molecule has 0 heterocycles. The number of carbonyl (C=O) groups is 1. The molecule has 0 bridgehead atoms. The normalized spacial score (nSPS) is 10.1. The Kier molecular flexibility index (Phi) is 5.23. The lowest BCUT2D eigenvalue weighted by molar-refractivity contribution is -0.385. The van der Waals surface area contributed by atoms with Crippen molar-refractivity contribution in [2.75, 3.05) is 13.7 Å². The van der Waals surface area contributed by atoms with Crippen LogP contribution in [0.1, 0.15) is 30.1 Å². The van der Waals surface area contributed by atoms with Gasteiger partial charge >= 0.3 is 5.97 Å². The minimum absolute atomic E-state index is 0.195. The highest BCUT2D eigenvalue weighted by atomic mass is 19.1. The summed E-state index contributed by atoms with van der Waals surface area (Å²) in [5.74, 6) is -1.98. The minimum Gasteiger partial charge on any atom is -0.490 e. The largest absolute Gasteiger partial charge is 0.490 e. The molecule has 0 atom stereocenters. The molecular formula is C12H14FNO5. The van der Waals surface area contributed by atoms with Crippen molar-refractivity contribution in [3.63, 3.8) is 0 Å². The molecule has 1 rings (SSSR count). The van der Waals surface area contributed by atoms with Crippen LogP contribution in [0.3, 0.4) is 0 Å². The third-order valence-electron chi connectivity index (χ3n) is 2.41. The molecule has 0 aliphatic carbocycles. The molecule has 1 aromatic carbocycles. The number of hydrogen-bond acceptors (Lipinski definition) is 5. The molecular weight excluding hydrogens is 257 g/mol. The Morgan fingerprint density at radius 3 is 2.68 bits per heavy atom. The van der Waals surface area contributed by atoms with Gasteiger partial charge in [-0.25, -0.2) is 9.18 Å². The molecule has 0 spiro atoms. The van der Waals surface area contributed by atoms with Gasteiger partial charge in [-0.3, -0.25) is 10.1 Å².